The molecule has 0 saturated heterocycles. The van der Waals surface area contributed by atoms with Crippen LogP contribution in [0.3, 0.4) is 0 Å². The van der Waals surface area contributed by atoms with Crippen molar-refractivity contribution < 1.29 is 0 Å². The van der Waals surface area contributed by atoms with Crippen molar-refractivity contribution >= 4 is 34.0 Å². The van der Waals surface area contributed by atoms with Gasteiger partial charge in [-0.3, -0.25) is 0 Å². The van der Waals surface area contributed by atoms with Gasteiger partial charge in [0, 0.05) is 21.0 Å². The van der Waals surface area contributed by atoms with E-state index in [4.69, 9.17) is 5.73 Å². The molecule has 0 aliphatic rings. The molecule has 0 aromatic heterocycles. The lowest BCUT2D eigenvalue weighted by atomic mass is 10.1. The van der Waals surface area contributed by atoms with Gasteiger partial charge < -0.3 is 11.1 Å². The van der Waals surface area contributed by atoms with Crippen molar-refractivity contribution in [3.63, 3.8) is 0 Å². The van der Waals surface area contributed by atoms with E-state index in [1.54, 1.807) is 0 Å². The molecule has 1 unspecified atom stereocenters. The summed E-state index contributed by atoms with van der Waals surface area (Å²) in [5, 5.41) is 3.51. The molecule has 0 spiro atoms. The zero-order valence-corrected chi connectivity index (χ0v) is 12.7. The molecule has 2 nitrogen and oxygen atoms in total. The van der Waals surface area contributed by atoms with Gasteiger partial charge in [-0.25, -0.2) is 0 Å². The Labute approximate surface area is 122 Å². The van der Waals surface area contributed by atoms with Gasteiger partial charge >= 0.3 is 0 Å². The highest BCUT2D eigenvalue weighted by Gasteiger charge is 2.07. The molecule has 3 N–H and O–H groups in total. The minimum atomic E-state index is 0.280. The molecule has 18 heavy (non-hydrogen) atoms. The molecule has 1 atom stereocenters. The third-order valence-electron chi connectivity index (χ3n) is 2.94. The van der Waals surface area contributed by atoms with E-state index in [1.807, 2.05) is 18.2 Å². The Bertz CT molecular complexity index is 535. The van der Waals surface area contributed by atoms with Crippen LogP contribution in [0.4, 0.5) is 11.4 Å². The fourth-order valence-corrected chi connectivity index (χ4v) is 2.52. The van der Waals surface area contributed by atoms with Crippen LogP contribution in [0.2, 0.25) is 0 Å². The zero-order chi connectivity index (χ0) is 13.1. The maximum Gasteiger partial charge on any atom is 0.0486 e. The Balaban J connectivity index is 2.15. The Morgan fingerprint density at radius 2 is 1.78 bits per heavy atom. The molecule has 94 valence electrons. The fourth-order valence-electron chi connectivity index (χ4n) is 1.82. The van der Waals surface area contributed by atoms with Crippen molar-refractivity contribution in [1.82, 2.24) is 0 Å². The van der Waals surface area contributed by atoms with Crippen molar-refractivity contribution in [3.8, 4) is 0 Å². The second-order valence-electron chi connectivity index (χ2n) is 4.52. The minimum Gasteiger partial charge on any atom is -0.399 e. The van der Waals surface area contributed by atoms with Crippen LogP contribution in [0.1, 0.15) is 24.1 Å². The monoisotopic (exact) mass is 352 g/mol. The van der Waals surface area contributed by atoms with Crippen LogP contribution in [0, 0.1) is 10.5 Å². The number of hydrogen-bond acceptors (Lipinski definition) is 2. The smallest absolute Gasteiger partial charge is 0.0486 e. The molecule has 0 bridgehead atoms. The predicted octanol–water partition coefficient (Wildman–Crippen LogP) is 4.35. The number of nitrogens with one attached hydrogen (secondary N) is 1. The Morgan fingerprint density at radius 3 is 2.39 bits per heavy atom. The molecule has 0 heterocycles. The molecule has 0 aliphatic heterocycles. The topological polar surface area (TPSA) is 38.0 Å². The Morgan fingerprint density at radius 1 is 1.11 bits per heavy atom. The largest absolute Gasteiger partial charge is 0.399 e. The van der Waals surface area contributed by atoms with Crippen LogP contribution in [-0.4, -0.2) is 0 Å². The van der Waals surface area contributed by atoms with E-state index in [2.05, 4.69) is 66.0 Å². The third-order valence-corrected chi connectivity index (χ3v) is 3.84. The summed E-state index contributed by atoms with van der Waals surface area (Å²) in [4.78, 5) is 0. The van der Waals surface area contributed by atoms with Crippen molar-refractivity contribution in [1.29, 1.82) is 0 Å². The molecule has 0 aliphatic carbocycles. The van der Waals surface area contributed by atoms with Gasteiger partial charge in [-0.15, -0.1) is 0 Å². The van der Waals surface area contributed by atoms with Crippen molar-refractivity contribution in [2.24, 2.45) is 0 Å². The summed E-state index contributed by atoms with van der Waals surface area (Å²) >= 11 is 2.30. The molecule has 2 rings (SSSR count). The SMILES string of the molecule is Cc1ccc(C(C)Nc2ccc(N)cc2I)cc1. The first-order valence-electron chi connectivity index (χ1n) is 5.94. The maximum atomic E-state index is 5.75. The van der Waals surface area contributed by atoms with Crippen LogP contribution in [0.15, 0.2) is 42.5 Å². The van der Waals surface area contributed by atoms with Gasteiger partial charge in [0.15, 0.2) is 0 Å². The van der Waals surface area contributed by atoms with E-state index in [0.717, 1.165) is 14.9 Å². The average molecular weight is 352 g/mol. The van der Waals surface area contributed by atoms with E-state index in [0.29, 0.717) is 0 Å². The van der Waals surface area contributed by atoms with E-state index in [-0.39, 0.29) is 6.04 Å². The zero-order valence-electron chi connectivity index (χ0n) is 10.6. The van der Waals surface area contributed by atoms with Gasteiger partial charge in [0.1, 0.15) is 0 Å². The number of hydrogen-bond donors (Lipinski definition) is 2. The lowest BCUT2D eigenvalue weighted by Crippen LogP contribution is -2.07. The van der Waals surface area contributed by atoms with Crippen molar-refractivity contribution in [3.05, 3.63) is 57.2 Å². The van der Waals surface area contributed by atoms with Crippen LogP contribution in [0.25, 0.3) is 0 Å². The van der Waals surface area contributed by atoms with Crippen LogP contribution < -0.4 is 11.1 Å². The highest BCUT2D eigenvalue weighted by Crippen LogP contribution is 2.25. The third kappa shape index (κ3) is 3.16. The number of nitrogen functional groups attached to an aromatic ring is 1. The molecule has 3 heteroatoms. The van der Waals surface area contributed by atoms with E-state index >= 15 is 0 Å². The van der Waals surface area contributed by atoms with Gasteiger partial charge in [0.25, 0.3) is 0 Å². The summed E-state index contributed by atoms with van der Waals surface area (Å²) in [5.41, 5.74) is 10.2. The van der Waals surface area contributed by atoms with Crippen molar-refractivity contribution in [2.75, 3.05) is 11.1 Å². The summed E-state index contributed by atoms with van der Waals surface area (Å²) in [6.45, 7) is 4.27. The van der Waals surface area contributed by atoms with Gasteiger partial charge in [0.2, 0.25) is 0 Å². The first-order valence-corrected chi connectivity index (χ1v) is 7.02. The summed E-state index contributed by atoms with van der Waals surface area (Å²) in [6, 6.07) is 14.8. The standard InChI is InChI=1S/C15H17IN2/c1-10-3-5-12(6-4-10)11(2)18-15-8-7-13(17)9-14(15)16/h3-9,11,18H,17H2,1-2H3. The summed E-state index contributed by atoms with van der Waals surface area (Å²) in [6.07, 6.45) is 0. The Kier molecular flexibility index (Phi) is 4.11. The molecule has 0 fully saturated rings. The minimum absolute atomic E-state index is 0.280. The molecule has 0 radical (unpaired) electrons. The molecule has 2 aromatic rings. The summed E-state index contributed by atoms with van der Waals surface area (Å²) < 4.78 is 1.14. The van der Waals surface area contributed by atoms with Crippen LogP contribution in [0.5, 0.6) is 0 Å². The summed E-state index contributed by atoms with van der Waals surface area (Å²) in [7, 11) is 0. The normalized spacial score (nSPS) is 12.2. The van der Waals surface area contributed by atoms with E-state index < -0.39 is 0 Å². The lowest BCUT2D eigenvalue weighted by molar-refractivity contribution is 0.883. The quantitative estimate of drug-likeness (QED) is 0.637. The number of rotatable bonds is 3. The van der Waals surface area contributed by atoms with Crippen LogP contribution in [-0.2, 0) is 0 Å². The summed E-state index contributed by atoms with van der Waals surface area (Å²) in [5.74, 6) is 0. The highest BCUT2D eigenvalue weighted by molar-refractivity contribution is 14.1. The van der Waals surface area contributed by atoms with Gasteiger partial charge in [-0.2, -0.15) is 0 Å². The molecule has 2 aromatic carbocycles. The molecular weight excluding hydrogens is 335 g/mol. The number of anilines is 2. The second kappa shape index (κ2) is 5.61. The van der Waals surface area contributed by atoms with E-state index in [1.165, 1.54) is 11.1 Å². The van der Waals surface area contributed by atoms with Gasteiger partial charge in [-0.05, 0) is 60.2 Å². The lowest BCUT2D eigenvalue weighted by Gasteiger charge is -2.17. The van der Waals surface area contributed by atoms with Gasteiger partial charge in [0.05, 0.1) is 0 Å². The fraction of sp³-hybridized carbons (Fsp3) is 0.200. The molecule has 0 amide bonds. The Hall–Kier alpha value is -1.23. The number of aryl methyl sites for hydroxylation is 1. The highest BCUT2D eigenvalue weighted by atomic mass is 127. The second-order valence-corrected chi connectivity index (χ2v) is 5.68. The van der Waals surface area contributed by atoms with Crippen molar-refractivity contribution in [2.45, 2.75) is 19.9 Å². The number of benzene rings is 2. The molecular formula is C15H17IN2. The number of halogens is 1. The average Bonchev–Trinajstić information content (AvgIpc) is 2.33. The van der Waals surface area contributed by atoms with Crippen LogP contribution >= 0.6 is 22.6 Å². The number of nitrogens with two attached hydrogens (primary N) is 1. The molecule has 0 saturated carbocycles. The first-order chi connectivity index (χ1) is 8.56. The first kappa shape index (κ1) is 13.2. The van der Waals surface area contributed by atoms with Gasteiger partial charge in [-0.1, -0.05) is 29.8 Å². The predicted molar refractivity (Wildman–Crippen MR) is 86.8 cm³/mol. The van der Waals surface area contributed by atoms with E-state index in [9.17, 15) is 0 Å². The maximum absolute atomic E-state index is 5.75.